The Morgan fingerprint density at radius 2 is 2.32 bits per heavy atom. The molecule has 0 aliphatic carbocycles. The summed E-state index contributed by atoms with van der Waals surface area (Å²) in [5, 5.41) is 2.96. The Kier molecular flexibility index (Phi) is 4.69. The molecule has 1 fully saturated rings. The Balaban J connectivity index is 1.64. The van der Waals surface area contributed by atoms with Crippen LogP contribution in [0.5, 0.6) is 0 Å². The average Bonchev–Trinajstić information content (AvgIpc) is 3.04. The van der Waals surface area contributed by atoms with Crippen molar-refractivity contribution in [1.29, 1.82) is 0 Å². The van der Waals surface area contributed by atoms with E-state index < -0.39 is 0 Å². The molecule has 118 valence electrons. The maximum absolute atomic E-state index is 12.3. The molecule has 22 heavy (non-hydrogen) atoms. The summed E-state index contributed by atoms with van der Waals surface area (Å²) in [5.74, 6) is 0.215. The molecule has 5 nitrogen and oxygen atoms in total. The molecule has 0 unspecified atom stereocenters. The summed E-state index contributed by atoms with van der Waals surface area (Å²) in [4.78, 5) is 27.0. The second kappa shape index (κ2) is 6.71. The third-order valence-electron chi connectivity index (χ3n) is 4.02. The molecular formula is C16H20N2O3S. The largest absolute Gasteiger partial charge is 0.376 e. The second-order valence-corrected chi connectivity index (χ2v) is 6.66. The first-order valence-electron chi connectivity index (χ1n) is 7.58. The fraction of sp³-hybridized carbons (Fsp3) is 0.500. The highest BCUT2D eigenvalue weighted by Crippen LogP contribution is 2.34. The van der Waals surface area contributed by atoms with Gasteiger partial charge in [-0.2, -0.15) is 0 Å². The molecule has 1 N–H and O–H groups in total. The Morgan fingerprint density at radius 3 is 3.09 bits per heavy atom. The first-order valence-corrected chi connectivity index (χ1v) is 8.57. The molecule has 2 aliphatic rings. The van der Waals surface area contributed by atoms with E-state index in [2.05, 4.69) is 5.32 Å². The van der Waals surface area contributed by atoms with E-state index >= 15 is 0 Å². The number of hydrogen-bond acceptors (Lipinski definition) is 4. The lowest BCUT2D eigenvalue weighted by molar-refractivity contribution is -0.124. The van der Waals surface area contributed by atoms with Crippen molar-refractivity contribution in [1.82, 2.24) is 5.32 Å². The molecule has 2 heterocycles. The van der Waals surface area contributed by atoms with Gasteiger partial charge in [0.1, 0.15) is 6.54 Å². The van der Waals surface area contributed by atoms with Gasteiger partial charge in [-0.3, -0.25) is 9.59 Å². The van der Waals surface area contributed by atoms with E-state index in [1.165, 1.54) is 11.8 Å². The number of hydrogen-bond donors (Lipinski definition) is 1. The van der Waals surface area contributed by atoms with Crippen molar-refractivity contribution < 1.29 is 14.3 Å². The highest BCUT2D eigenvalue weighted by Gasteiger charge is 2.28. The van der Waals surface area contributed by atoms with Gasteiger partial charge in [-0.25, -0.2) is 0 Å². The molecule has 1 saturated heterocycles. The number of amides is 2. The third kappa shape index (κ3) is 3.28. The molecule has 2 aliphatic heterocycles. The standard InChI is InChI=1S/C16H20N2O3S/c1-11(13-6-4-8-21-13)17-15(19)9-18-12-5-2-3-7-14(12)22-10-16(18)20/h2-3,5,7,11,13H,4,6,8-10H2,1H3,(H,17,19)/t11-,13+/m1/s1. The molecular weight excluding hydrogens is 300 g/mol. The van der Waals surface area contributed by atoms with Crippen molar-refractivity contribution >= 4 is 29.3 Å². The number of thioether (sulfide) groups is 1. The topological polar surface area (TPSA) is 58.6 Å². The second-order valence-electron chi connectivity index (χ2n) is 5.64. The Labute approximate surface area is 134 Å². The van der Waals surface area contributed by atoms with Crippen molar-refractivity contribution in [2.45, 2.75) is 36.8 Å². The quantitative estimate of drug-likeness (QED) is 0.919. The predicted molar refractivity (Wildman–Crippen MR) is 86.1 cm³/mol. The number of ether oxygens (including phenoxy) is 1. The minimum Gasteiger partial charge on any atom is -0.376 e. The normalized spacial score (nSPS) is 22.3. The molecule has 0 bridgehead atoms. The molecule has 0 spiro atoms. The van der Waals surface area contributed by atoms with Crippen LogP contribution in [0.2, 0.25) is 0 Å². The van der Waals surface area contributed by atoms with Crippen molar-refractivity contribution in [3.05, 3.63) is 24.3 Å². The molecule has 1 aromatic carbocycles. The summed E-state index contributed by atoms with van der Waals surface area (Å²) in [5.41, 5.74) is 0.823. The fourth-order valence-electron chi connectivity index (χ4n) is 2.86. The molecule has 0 radical (unpaired) electrons. The first-order chi connectivity index (χ1) is 10.6. The van der Waals surface area contributed by atoms with Gasteiger partial charge in [0.25, 0.3) is 0 Å². The average molecular weight is 320 g/mol. The first kappa shape index (κ1) is 15.4. The summed E-state index contributed by atoms with van der Waals surface area (Å²) >= 11 is 1.52. The van der Waals surface area contributed by atoms with Gasteiger partial charge in [0.2, 0.25) is 11.8 Å². The maximum Gasteiger partial charge on any atom is 0.240 e. The Morgan fingerprint density at radius 1 is 1.50 bits per heavy atom. The monoisotopic (exact) mass is 320 g/mol. The van der Waals surface area contributed by atoms with E-state index in [0.717, 1.165) is 30.0 Å². The molecule has 2 amide bonds. The lowest BCUT2D eigenvalue weighted by atomic mass is 10.1. The minimum atomic E-state index is -0.141. The number of para-hydroxylation sites is 1. The Bertz CT molecular complexity index is 572. The summed E-state index contributed by atoms with van der Waals surface area (Å²) in [6.45, 7) is 2.78. The summed E-state index contributed by atoms with van der Waals surface area (Å²) in [6.07, 6.45) is 2.10. The van der Waals surface area contributed by atoms with E-state index in [4.69, 9.17) is 4.74 Å². The molecule has 6 heteroatoms. The van der Waals surface area contributed by atoms with Crippen LogP contribution in [-0.4, -0.2) is 42.9 Å². The molecule has 3 rings (SSSR count). The fourth-order valence-corrected chi connectivity index (χ4v) is 3.80. The lowest BCUT2D eigenvalue weighted by Gasteiger charge is -2.29. The van der Waals surface area contributed by atoms with Crippen LogP contribution in [0.25, 0.3) is 0 Å². The maximum atomic E-state index is 12.3. The van der Waals surface area contributed by atoms with Gasteiger partial charge in [0.15, 0.2) is 0 Å². The number of nitrogens with zero attached hydrogens (tertiary/aromatic N) is 1. The number of benzene rings is 1. The minimum absolute atomic E-state index is 0.0244. The van der Waals surface area contributed by atoms with Crippen molar-refractivity contribution in [3.63, 3.8) is 0 Å². The van der Waals surface area contributed by atoms with Crippen molar-refractivity contribution in [2.24, 2.45) is 0 Å². The number of fused-ring (bicyclic) bond motifs is 1. The van der Waals surface area contributed by atoms with Crippen LogP contribution in [-0.2, 0) is 14.3 Å². The van der Waals surface area contributed by atoms with E-state index in [0.29, 0.717) is 5.75 Å². The summed E-state index contributed by atoms with van der Waals surface area (Å²) in [7, 11) is 0. The Hall–Kier alpha value is -1.53. The van der Waals surface area contributed by atoms with E-state index in [1.807, 2.05) is 31.2 Å². The van der Waals surface area contributed by atoms with Crippen LogP contribution in [0.1, 0.15) is 19.8 Å². The van der Waals surface area contributed by atoms with Gasteiger partial charge in [0.05, 0.1) is 23.6 Å². The zero-order chi connectivity index (χ0) is 15.5. The highest BCUT2D eigenvalue weighted by atomic mass is 32.2. The molecule has 0 saturated carbocycles. The number of carbonyl (C=O) groups is 2. The summed E-state index contributed by atoms with van der Waals surface area (Å²) < 4.78 is 5.58. The van der Waals surface area contributed by atoms with E-state index in [-0.39, 0.29) is 30.5 Å². The van der Waals surface area contributed by atoms with Gasteiger partial charge in [0, 0.05) is 11.5 Å². The highest BCUT2D eigenvalue weighted by molar-refractivity contribution is 8.00. The van der Waals surface area contributed by atoms with Gasteiger partial charge in [-0.05, 0) is 31.9 Å². The summed E-state index contributed by atoms with van der Waals surface area (Å²) in [6, 6.07) is 7.67. The van der Waals surface area contributed by atoms with Crippen molar-refractivity contribution in [3.8, 4) is 0 Å². The van der Waals surface area contributed by atoms with Crippen LogP contribution >= 0.6 is 11.8 Å². The number of rotatable bonds is 4. The van der Waals surface area contributed by atoms with Crippen LogP contribution in [0.4, 0.5) is 5.69 Å². The molecule has 1 aromatic rings. The number of carbonyl (C=O) groups excluding carboxylic acids is 2. The van der Waals surface area contributed by atoms with Gasteiger partial charge >= 0.3 is 0 Å². The molecule has 2 atom stereocenters. The smallest absolute Gasteiger partial charge is 0.240 e. The number of nitrogens with one attached hydrogen (secondary N) is 1. The van der Waals surface area contributed by atoms with Crippen LogP contribution in [0.3, 0.4) is 0 Å². The third-order valence-corrected chi connectivity index (χ3v) is 5.07. The van der Waals surface area contributed by atoms with E-state index in [1.54, 1.807) is 4.90 Å². The predicted octanol–water partition coefficient (Wildman–Crippen LogP) is 1.81. The van der Waals surface area contributed by atoms with Gasteiger partial charge < -0.3 is 15.0 Å². The zero-order valence-electron chi connectivity index (χ0n) is 12.6. The molecule has 0 aromatic heterocycles. The van der Waals surface area contributed by atoms with Crippen LogP contribution in [0, 0.1) is 0 Å². The van der Waals surface area contributed by atoms with Crippen molar-refractivity contribution in [2.75, 3.05) is 23.8 Å². The van der Waals surface area contributed by atoms with E-state index in [9.17, 15) is 9.59 Å². The lowest BCUT2D eigenvalue weighted by Crippen LogP contribution is -2.48. The van der Waals surface area contributed by atoms with Gasteiger partial charge in [-0.1, -0.05) is 12.1 Å². The van der Waals surface area contributed by atoms with Gasteiger partial charge in [-0.15, -0.1) is 11.8 Å². The SMILES string of the molecule is C[C@@H](NC(=O)CN1C(=O)CSc2ccccc21)[C@@H]1CCCO1. The zero-order valence-corrected chi connectivity index (χ0v) is 13.4. The van der Waals surface area contributed by atoms with Crippen LogP contribution in [0.15, 0.2) is 29.2 Å². The number of anilines is 1. The van der Waals surface area contributed by atoms with Crippen LogP contribution < -0.4 is 10.2 Å².